The lowest BCUT2D eigenvalue weighted by Crippen LogP contribution is -2.38. The van der Waals surface area contributed by atoms with Crippen LogP contribution in [0.5, 0.6) is 11.5 Å². The number of hydrogen-bond acceptors (Lipinski definition) is 4. The van der Waals surface area contributed by atoms with Crippen LogP contribution in [0.3, 0.4) is 0 Å². The first-order valence-corrected chi connectivity index (χ1v) is 10.1. The van der Waals surface area contributed by atoms with Gasteiger partial charge < -0.3 is 25.0 Å². The average Bonchev–Trinajstić information content (AvgIpc) is 2.73. The third-order valence-electron chi connectivity index (χ3n) is 4.39. The summed E-state index contributed by atoms with van der Waals surface area (Å²) in [4.78, 5) is 6.84. The molecule has 2 rings (SSSR count). The molecule has 0 aliphatic heterocycles. The Morgan fingerprint density at radius 2 is 1.77 bits per heavy atom. The highest BCUT2D eigenvalue weighted by Gasteiger charge is 2.04. The molecule has 0 saturated carbocycles. The number of rotatable bonds is 11. The van der Waals surface area contributed by atoms with Crippen LogP contribution in [0.4, 0.5) is 0 Å². The third-order valence-corrected chi connectivity index (χ3v) is 4.39. The number of nitrogens with one attached hydrogen (secondary N) is 2. The summed E-state index contributed by atoms with van der Waals surface area (Å²) in [5, 5.41) is 6.71. The Morgan fingerprint density at radius 1 is 1.03 bits per heavy atom. The van der Waals surface area contributed by atoms with E-state index in [9.17, 15) is 0 Å². The van der Waals surface area contributed by atoms with Crippen molar-refractivity contribution in [3.05, 3.63) is 59.7 Å². The molecule has 0 spiro atoms. The standard InChI is InChI=1S/C23H34N4O2.HI/c1-5-24-23(25-15-14-19-10-12-21(28-4)13-11-19)26-18-20-8-6-7-9-22(20)29-17-16-27(2)3;/h6-13H,5,14-18H2,1-4H3,(H2,24,25,26);1H. The minimum Gasteiger partial charge on any atom is -0.497 e. The molecule has 0 aromatic heterocycles. The smallest absolute Gasteiger partial charge is 0.191 e. The van der Waals surface area contributed by atoms with Gasteiger partial charge in [0.15, 0.2) is 5.96 Å². The molecule has 0 bridgehead atoms. The molecule has 0 unspecified atom stereocenters. The van der Waals surface area contributed by atoms with Crippen molar-refractivity contribution in [2.75, 3.05) is 47.4 Å². The molecule has 0 saturated heterocycles. The molecule has 0 heterocycles. The molecule has 6 nitrogen and oxygen atoms in total. The van der Waals surface area contributed by atoms with Crippen molar-refractivity contribution in [3.63, 3.8) is 0 Å². The van der Waals surface area contributed by atoms with E-state index in [0.717, 1.165) is 49.1 Å². The topological polar surface area (TPSA) is 58.1 Å². The van der Waals surface area contributed by atoms with Crippen LogP contribution in [0.1, 0.15) is 18.1 Å². The number of aliphatic imine (C=N–C) groups is 1. The van der Waals surface area contributed by atoms with Gasteiger partial charge in [0, 0.05) is 25.2 Å². The second-order valence-corrected chi connectivity index (χ2v) is 6.98. The zero-order valence-electron chi connectivity index (χ0n) is 18.5. The second kappa shape index (κ2) is 14.9. The Kier molecular flexibility index (Phi) is 12.9. The molecule has 30 heavy (non-hydrogen) atoms. The lowest BCUT2D eigenvalue weighted by Gasteiger charge is -2.14. The van der Waals surface area contributed by atoms with Crippen LogP contribution < -0.4 is 20.1 Å². The highest BCUT2D eigenvalue weighted by atomic mass is 127. The maximum Gasteiger partial charge on any atom is 0.191 e. The van der Waals surface area contributed by atoms with E-state index in [1.54, 1.807) is 7.11 Å². The van der Waals surface area contributed by atoms with Crippen molar-refractivity contribution < 1.29 is 9.47 Å². The number of ether oxygens (including phenoxy) is 2. The van der Waals surface area contributed by atoms with Crippen molar-refractivity contribution in [1.82, 2.24) is 15.5 Å². The van der Waals surface area contributed by atoms with Gasteiger partial charge in [0.1, 0.15) is 18.1 Å². The summed E-state index contributed by atoms with van der Waals surface area (Å²) in [5.41, 5.74) is 2.34. The highest BCUT2D eigenvalue weighted by Crippen LogP contribution is 2.18. The highest BCUT2D eigenvalue weighted by molar-refractivity contribution is 14.0. The third kappa shape index (κ3) is 9.67. The Morgan fingerprint density at radius 3 is 2.43 bits per heavy atom. The van der Waals surface area contributed by atoms with Gasteiger partial charge in [-0.25, -0.2) is 4.99 Å². The molecule has 0 aliphatic carbocycles. The zero-order valence-corrected chi connectivity index (χ0v) is 20.8. The van der Waals surface area contributed by atoms with Gasteiger partial charge in [0.25, 0.3) is 0 Å². The summed E-state index contributed by atoms with van der Waals surface area (Å²) < 4.78 is 11.1. The number of methoxy groups -OCH3 is 1. The lowest BCUT2D eigenvalue weighted by molar-refractivity contribution is 0.259. The molecule has 2 aromatic carbocycles. The molecular formula is C23H35IN4O2. The van der Waals surface area contributed by atoms with Crippen LogP contribution in [-0.2, 0) is 13.0 Å². The first-order valence-electron chi connectivity index (χ1n) is 10.1. The van der Waals surface area contributed by atoms with E-state index in [-0.39, 0.29) is 24.0 Å². The maximum absolute atomic E-state index is 5.94. The molecule has 2 aromatic rings. The van der Waals surface area contributed by atoms with Gasteiger partial charge >= 0.3 is 0 Å². The van der Waals surface area contributed by atoms with Gasteiger partial charge in [-0.2, -0.15) is 0 Å². The lowest BCUT2D eigenvalue weighted by atomic mass is 10.1. The Labute approximate surface area is 198 Å². The zero-order chi connectivity index (χ0) is 20.9. The van der Waals surface area contributed by atoms with Crippen molar-refractivity contribution in [2.45, 2.75) is 19.9 Å². The van der Waals surface area contributed by atoms with E-state index in [0.29, 0.717) is 13.2 Å². The molecule has 0 amide bonds. The molecule has 0 fully saturated rings. The predicted molar refractivity (Wildman–Crippen MR) is 135 cm³/mol. The summed E-state index contributed by atoms with van der Waals surface area (Å²) in [5.74, 6) is 2.58. The summed E-state index contributed by atoms with van der Waals surface area (Å²) in [6, 6.07) is 16.2. The number of guanidine groups is 1. The minimum atomic E-state index is 0. The van der Waals surface area contributed by atoms with Gasteiger partial charge in [-0.05, 0) is 51.2 Å². The Balaban J connectivity index is 0.00000450. The van der Waals surface area contributed by atoms with E-state index >= 15 is 0 Å². The fourth-order valence-corrected chi connectivity index (χ4v) is 2.74. The SMILES string of the molecule is CCNC(=NCc1ccccc1OCCN(C)C)NCCc1ccc(OC)cc1.I. The van der Waals surface area contributed by atoms with Crippen LogP contribution in [0.25, 0.3) is 0 Å². The van der Waals surface area contributed by atoms with Crippen molar-refractivity contribution >= 4 is 29.9 Å². The average molecular weight is 526 g/mol. The van der Waals surface area contributed by atoms with E-state index in [1.807, 2.05) is 44.4 Å². The first kappa shape index (κ1) is 26.0. The second-order valence-electron chi connectivity index (χ2n) is 6.98. The number of hydrogen-bond donors (Lipinski definition) is 2. The summed E-state index contributed by atoms with van der Waals surface area (Å²) in [6.07, 6.45) is 0.915. The monoisotopic (exact) mass is 526 g/mol. The van der Waals surface area contributed by atoms with E-state index in [4.69, 9.17) is 14.5 Å². The molecule has 2 N–H and O–H groups in total. The van der Waals surface area contributed by atoms with Gasteiger partial charge in [0.2, 0.25) is 0 Å². The van der Waals surface area contributed by atoms with Crippen LogP contribution in [0.2, 0.25) is 0 Å². The quantitative estimate of drug-likeness (QED) is 0.267. The van der Waals surface area contributed by atoms with Gasteiger partial charge in [-0.1, -0.05) is 30.3 Å². The van der Waals surface area contributed by atoms with E-state index in [2.05, 4.69) is 40.7 Å². The molecule has 0 aliphatic rings. The van der Waals surface area contributed by atoms with Crippen LogP contribution in [-0.4, -0.2) is 58.3 Å². The minimum absolute atomic E-state index is 0. The molecular weight excluding hydrogens is 491 g/mol. The molecule has 7 heteroatoms. The number of para-hydroxylation sites is 1. The Hall–Kier alpha value is -2.00. The number of likely N-dealkylation sites (N-methyl/N-ethyl adjacent to an activating group) is 1. The Bertz CT molecular complexity index is 751. The van der Waals surface area contributed by atoms with Gasteiger partial charge in [-0.15, -0.1) is 24.0 Å². The van der Waals surface area contributed by atoms with E-state index in [1.165, 1.54) is 5.56 Å². The number of nitrogens with zero attached hydrogens (tertiary/aromatic N) is 2. The van der Waals surface area contributed by atoms with Gasteiger partial charge in [0.05, 0.1) is 13.7 Å². The maximum atomic E-state index is 5.94. The van der Waals surface area contributed by atoms with Crippen LogP contribution in [0, 0.1) is 0 Å². The number of benzene rings is 2. The first-order chi connectivity index (χ1) is 14.1. The van der Waals surface area contributed by atoms with Crippen molar-refractivity contribution in [1.29, 1.82) is 0 Å². The van der Waals surface area contributed by atoms with Crippen LogP contribution >= 0.6 is 24.0 Å². The van der Waals surface area contributed by atoms with Crippen molar-refractivity contribution in [2.24, 2.45) is 4.99 Å². The van der Waals surface area contributed by atoms with E-state index < -0.39 is 0 Å². The summed E-state index contributed by atoms with van der Waals surface area (Å²) in [6.45, 7) is 5.80. The summed E-state index contributed by atoms with van der Waals surface area (Å²) >= 11 is 0. The predicted octanol–water partition coefficient (Wildman–Crippen LogP) is 3.55. The molecule has 0 radical (unpaired) electrons. The van der Waals surface area contributed by atoms with Gasteiger partial charge in [-0.3, -0.25) is 0 Å². The largest absolute Gasteiger partial charge is 0.497 e. The normalized spacial score (nSPS) is 11.0. The van der Waals surface area contributed by atoms with Crippen molar-refractivity contribution in [3.8, 4) is 11.5 Å². The fraction of sp³-hybridized carbons (Fsp3) is 0.435. The molecule has 166 valence electrons. The molecule has 0 atom stereocenters. The number of halogens is 1. The fourth-order valence-electron chi connectivity index (χ4n) is 2.74. The van der Waals surface area contributed by atoms with Crippen LogP contribution in [0.15, 0.2) is 53.5 Å². The summed E-state index contributed by atoms with van der Waals surface area (Å²) in [7, 11) is 5.76.